The van der Waals surface area contributed by atoms with Gasteiger partial charge in [-0.25, -0.2) is 5.43 Å². The van der Waals surface area contributed by atoms with Gasteiger partial charge < -0.3 is 0 Å². The van der Waals surface area contributed by atoms with Crippen molar-refractivity contribution in [2.75, 3.05) is 0 Å². The molecule has 1 N–H and O–H groups in total. The molecule has 3 aromatic carbocycles. The van der Waals surface area contributed by atoms with Crippen LogP contribution in [0.15, 0.2) is 102 Å². The van der Waals surface area contributed by atoms with Crippen LogP contribution in [0.1, 0.15) is 29.0 Å². The van der Waals surface area contributed by atoms with Gasteiger partial charge in [0.2, 0.25) is 5.91 Å². The molecule has 0 heterocycles. The highest BCUT2D eigenvalue weighted by molar-refractivity contribution is 6.11. The van der Waals surface area contributed by atoms with Crippen molar-refractivity contribution in [1.29, 1.82) is 0 Å². The summed E-state index contributed by atoms with van der Waals surface area (Å²) in [5.74, 6) is 0.285. The third-order valence-corrected chi connectivity index (χ3v) is 4.94. The Kier molecular flexibility index (Phi) is 5.43. The van der Waals surface area contributed by atoms with Gasteiger partial charge >= 0.3 is 0 Å². The van der Waals surface area contributed by atoms with E-state index in [1.54, 1.807) is 0 Å². The average molecular weight is 366 g/mol. The molecular weight excluding hydrogens is 344 g/mol. The molecule has 28 heavy (non-hydrogen) atoms. The number of hydrazone groups is 1. The molecule has 0 radical (unpaired) electrons. The van der Waals surface area contributed by atoms with Crippen molar-refractivity contribution in [1.82, 2.24) is 5.43 Å². The van der Waals surface area contributed by atoms with E-state index >= 15 is 0 Å². The Morgan fingerprint density at radius 2 is 1.46 bits per heavy atom. The maximum absolute atomic E-state index is 12.6. The molecule has 0 unspecified atom stereocenters. The monoisotopic (exact) mass is 366 g/mol. The summed E-state index contributed by atoms with van der Waals surface area (Å²) in [6, 6.07) is 30.1. The van der Waals surface area contributed by atoms with Gasteiger partial charge in [0.25, 0.3) is 0 Å². The van der Waals surface area contributed by atoms with E-state index in [0.29, 0.717) is 5.92 Å². The largest absolute Gasteiger partial charge is 0.273 e. The zero-order chi connectivity index (χ0) is 19.2. The third kappa shape index (κ3) is 4.44. The number of nitrogens with zero attached hydrogens (tertiary/aromatic N) is 1. The first-order valence-electron chi connectivity index (χ1n) is 9.52. The van der Waals surface area contributed by atoms with Crippen molar-refractivity contribution in [3.05, 3.63) is 114 Å². The normalized spacial score (nSPS) is 18.8. The SMILES string of the molecule is O=C(N/N=C(/C=C/c1ccccc1)c1ccccc1)[C@H]1C[C@H]1c1ccccc1. The minimum absolute atomic E-state index is 0.00118. The van der Waals surface area contributed by atoms with E-state index in [1.165, 1.54) is 5.56 Å². The van der Waals surface area contributed by atoms with Gasteiger partial charge in [-0.1, -0.05) is 97.1 Å². The molecule has 4 rings (SSSR count). The fraction of sp³-hybridized carbons (Fsp3) is 0.120. The van der Waals surface area contributed by atoms with Crippen molar-refractivity contribution in [3.8, 4) is 0 Å². The zero-order valence-electron chi connectivity index (χ0n) is 15.5. The Hall–Kier alpha value is -3.46. The van der Waals surface area contributed by atoms with E-state index in [9.17, 15) is 4.79 Å². The maximum Gasteiger partial charge on any atom is 0.243 e. The van der Waals surface area contributed by atoms with E-state index in [0.717, 1.165) is 23.3 Å². The van der Waals surface area contributed by atoms with Crippen LogP contribution in [0.5, 0.6) is 0 Å². The molecule has 0 aliphatic heterocycles. The van der Waals surface area contributed by atoms with Gasteiger partial charge in [0.05, 0.1) is 5.71 Å². The van der Waals surface area contributed by atoms with E-state index in [4.69, 9.17) is 0 Å². The molecule has 1 aliphatic rings. The fourth-order valence-electron chi connectivity index (χ4n) is 3.30. The standard InChI is InChI=1S/C25H22N2O/c28-25(23-18-22(23)20-12-6-2-7-13-20)27-26-24(21-14-8-3-9-15-21)17-16-19-10-4-1-5-11-19/h1-17,22-23H,18H2,(H,27,28)/b17-16+,26-24-/t22-,23-/m0/s1. The van der Waals surface area contributed by atoms with Gasteiger partial charge in [0.1, 0.15) is 0 Å². The molecule has 3 nitrogen and oxygen atoms in total. The average Bonchev–Trinajstić information content (AvgIpc) is 3.57. The highest BCUT2D eigenvalue weighted by Crippen LogP contribution is 2.47. The molecular formula is C25H22N2O. The Bertz CT molecular complexity index is 979. The lowest BCUT2D eigenvalue weighted by Crippen LogP contribution is -2.21. The number of rotatable bonds is 6. The van der Waals surface area contributed by atoms with Crippen LogP contribution in [0.3, 0.4) is 0 Å². The first kappa shape index (κ1) is 17.9. The van der Waals surface area contributed by atoms with E-state index < -0.39 is 0 Å². The number of carbonyl (C=O) groups excluding carboxylic acids is 1. The molecule has 138 valence electrons. The fourth-order valence-corrected chi connectivity index (χ4v) is 3.30. The quantitative estimate of drug-likeness (QED) is 0.483. The number of hydrogen-bond donors (Lipinski definition) is 1. The number of amides is 1. The van der Waals surface area contributed by atoms with Crippen LogP contribution < -0.4 is 5.43 Å². The first-order valence-corrected chi connectivity index (χ1v) is 9.52. The molecule has 1 aliphatic carbocycles. The number of hydrogen-bond acceptors (Lipinski definition) is 2. The van der Waals surface area contributed by atoms with Crippen molar-refractivity contribution >= 4 is 17.7 Å². The van der Waals surface area contributed by atoms with Crippen molar-refractivity contribution in [2.45, 2.75) is 12.3 Å². The Morgan fingerprint density at radius 1 is 0.857 bits per heavy atom. The highest BCUT2D eigenvalue weighted by atomic mass is 16.2. The maximum atomic E-state index is 12.6. The molecule has 3 aromatic rings. The van der Waals surface area contributed by atoms with Gasteiger partial charge in [-0.15, -0.1) is 0 Å². The second-order valence-electron chi connectivity index (χ2n) is 6.94. The summed E-state index contributed by atoms with van der Waals surface area (Å²) in [5, 5.41) is 4.43. The Balaban J connectivity index is 1.48. The van der Waals surface area contributed by atoms with Crippen LogP contribution in [0.4, 0.5) is 0 Å². The summed E-state index contributed by atoms with van der Waals surface area (Å²) in [6.07, 6.45) is 4.82. The van der Waals surface area contributed by atoms with Gasteiger partial charge in [0, 0.05) is 11.5 Å². The van der Waals surface area contributed by atoms with Gasteiger partial charge in [-0.2, -0.15) is 5.10 Å². The molecule has 1 saturated carbocycles. The first-order chi connectivity index (χ1) is 13.8. The highest BCUT2D eigenvalue weighted by Gasteiger charge is 2.43. The molecule has 3 heteroatoms. The van der Waals surface area contributed by atoms with Crippen LogP contribution in [-0.2, 0) is 4.79 Å². The summed E-state index contributed by atoms with van der Waals surface area (Å²) in [5.41, 5.74) is 6.78. The second kappa shape index (κ2) is 8.49. The minimum Gasteiger partial charge on any atom is -0.273 e. The topological polar surface area (TPSA) is 41.5 Å². The van der Waals surface area contributed by atoms with E-state index in [1.807, 2.05) is 91.0 Å². The van der Waals surface area contributed by atoms with Crippen molar-refractivity contribution in [3.63, 3.8) is 0 Å². The van der Waals surface area contributed by atoms with Gasteiger partial charge in [-0.05, 0) is 29.5 Å². The zero-order valence-corrected chi connectivity index (χ0v) is 15.5. The Labute approximate surface area is 165 Å². The summed E-state index contributed by atoms with van der Waals surface area (Å²) < 4.78 is 0. The number of allylic oxidation sites excluding steroid dienone is 1. The summed E-state index contributed by atoms with van der Waals surface area (Å²) in [4.78, 5) is 12.6. The van der Waals surface area contributed by atoms with Crippen molar-refractivity contribution in [2.24, 2.45) is 11.0 Å². The number of nitrogens with one attached hydrogen (secondary N) is 1. The smallest absolute Gasteiger partial charge is 0.243 e. The minimum atomic E-state index is -0.0182. The van der Waals surface area contributed by atoms with Crippen LogP contribution in [0.25, 0.3) is 6.08 Å². The molecule has 1 fully saturated rings. The molecule has 1 amide bonds. The van der Waals surface area contributed by atoms with Crippen molar-refractivity contribution < 1.29 is 4.79 Å². The van der Waals surface area contributed by atoms with E-state index in [2.05, 4.69) is 22.7 Å². The molecule has 0 bridgehead atoms. The summed E-state index contributed by atoms with van der Waals surface area (Å²) in [7, 11) is 0. The lowest BCUT2D eigenvalue weighted by molar-refractivity contribution is -0.122. The predicted octanol–water partition coefficient (Wildman–Crippen LogP) is 5.02. The lowest BCUT2D eigenvalue weighted by atomic mass is 10.1. The summed E-state index contributed by atoms with van der Waals surface area (Å²) >= 11 is 0. The molecule has 0 saturated heterocycles. The van der Waals surface area contributed by atoms with Crippen LogP contribution in [0.2, 0.25) is 0 Å². The third-order valence-electron chi connectivity index (χ3n) is 4.94. The van der Waals surface area contributed by atoms with E-state index in [-0.39, 0.29) is 11.8 Å². The van der Waals surface area contributed by atoms with Crippen LogP contribution in [0, 0.1) is 5.92 Å². The van der Waals surface area contributed by atoms with Gasteiger partial charge in [-0.3, -0.25) is 4.79 Å². The van der Waals surface area contributed by atoms with Gasteiger partial charge in [0.15, 0.2) is 0 Å². The number of benzene rings is 3. The molecule has 0 aromatic heterocycles. The number of carbonyl (C=O) groups is 1. The predicted molar refractivity (Wildman–Crippen MR) is 114 cm³/mol. The lowest BCUT2D eigenvalue weighted by Gasteiger charge is -2.04. The second-order valence-corrected chi connectivity index (χ2v) is 6.94. The molecule has 2 atom stereocenters. The molecule has 0 spiro atoms. The summed E-state index contributed by atoms with van der Waals surface area (Å²) in [6.45, 7) is 0. The Morgan fingerprint density at radius 3 is 2.14 bits per heavy atom. The van der Waals surface area contributed by atoms with Crippen LogP contribution >= 0.6 is 0 Å². The van der Waals surface area contributed by atoms with Crippen LogP contribution in [-0.4, -0.2) is 11.6 Å².